The number of hydrogen-bond donors (Lipinski definition) is 1. The standard InChI is InChI=1S/C29H34F4N6O3Si/c1-27(2,3)43(6,7)42-17-28(4,5)39-15-22(21-12-35-13-23(30)25(21)39)26(41)18-8-20(11-34-9-18)37-24(40)16-38-14-19(10-36-38)29(31,32)33/h8-15H,16-17H2,1-7H3,(H,37,40). The van der Waals surface area contributed by atoms with Crippen LogP contribution >= 0.6 is 0 Å². The number of fused-ring (bicyclic) bond motifs is 1. The molecular formula is C29H34F4N6O3Si. The Hall–Kier alpha value is -3.91. The summed E-state index contributed by atoms with van der Waals surface area (Å²) in [6.07, 6.45) is 3.46. The van der Waals surface area contributed by atoms with E-state index in [9.17, 15) is 22.8 Å². The van der Waals surface area contributed by atoms with Crippen molar-refractivity contribution in [2.24, 2.45) is 0 Å². The molecule has 1 amide bonds. The highest BCUT2D eigenvalue weighted by molar-refractivity contribution is 6.74. The van der Waals surface area contributed by atoms with Crippen LogP contribution in [0.15, 0.2) is 49.4 Å². The lowest BCUT2D eigenvalue weighted by molar-refractivity contribution is -0.137. The van der Waals surface area contributed by atoms with Crippen molar-refractivity contribution in [3.63, 3.8) is 0 Å². The number of nitrogens with zero attached hydrogens (tertiary/aromatic N) is 5. The Labute approximate surface area is 247 Å². The van der Waals surface area contributed by atoms with E-state index in [1.807, 2.05) is 13.8 Å². The van der Waals surface area contributed by atoms with Crippen LogP contribution in [0.1, 0.15) is 56.1 Å². The highest BCUT2D eigenvalue weighted by Gasteiger charge is 2.39. The molecule has 0 spiro atoms. The monoisotopic (exact) mass is 618 g/mol. The SMILES string of the molecule is CC(C)(CO[Si](C)(C)C(C)(C)C)n1cc(C(=O)c2cncc(NC(=O)Cn3cc(C(F)(F)F)cn3)c2)c2cncc(F)c21. The van der Waals surface area contributed by atoms with Gasteiger partial charge in [0.15, 0.2) is 19.9 Å². The van der Waals surface area contributed by atoms with Gasteiger partial charge in [0, 0.05) is 41.3 Å². The lowest BCUT2D eigenvalue weighted by Gasteiger charge is -2.39. The van der Waals surface area contributed by atoms with E-state index in [0.717, 1.165) is 17.1 Å². The number of anilines is 1. The second-order valence-corrected chi connectivity index (χ2v) is 17.4. The van der Waals surface area contributed by atoms with Crippen molar-refractivity contribution in [1.82, 2.24) is 24.3 Å². The minimum atomic E-state index is -4.58. The Bertz CT molecular complexity index is 1670. The van der Waals surface area contributed by atoms with Crippen LogP contribution in [-0.4, -0.2) is 50.9 Å². The molecule has 4 heterocycles. The van der Waals surface area contributed by atoms with Crippen molar-refractivity contribution >= 4 is 36.6 Å². The Morgan fingerprint density at radius 3 is 2.28 bits per heavy atom. The maximum Gasteiger partial charge on any atom is 0.419 e. The number of nitrogens with one attached hydrogen (secondary N) is 1. The molecule has 4 aromatic rings. The number of rotatable bonds is 9. The van der Waals surface area contributed by atoms with Gasteiger partial charge in [-0.2, -0.15) is 18.3 Å². The molecule has 0 aliphatic carbocycles. The molecule has 0 fully saturated rings. The van der Waals surface area contributed by atoms with E-state index < -0.39 is 49.6 Å². The van der Waals surface area contributed by atoms with Crippen LogP contribution in [0.5, 0.6) is 0 Å². The van der Waals surface area contributed by atoms with Crippen LogP contribution in [0.25, 0.3) is 10.9 Å². The summed E-state index contributed by atoms with van der Waals surface area (Å²) in [7, 11) is -2.13. The molecule has 0 saturated carbocycles. The Balaban J connectivity index is 1.60. The maximum absolute atomic E-state index is 15.2. The molecule has 0 aliphatic rings. The molecule has 0 unspecified atom stereocenters. The molecule has 1 N–H and O–H groups in total. The molecule has 0 atom stereocenters. The van der Waals surface area contributed by atoms with Gasteiger partial charge in [0.25, 0.3) is 0 Å². The van der Waals surface area contributed by atoms with Crippen molar-refractivity contribution in [3.05, 3.63) is 72.0 Å². The molecule has 0 aliphatic heterocycles. The third-order valence-corrected chi connectivity index (χ3v) is 12.2. The van der Waals surface area contributed by atoms with E-state index in [4.69, 9.17) is 4.43 Å². The molecule has 0 saturated heterocycles. The number of pyridine rings is 2. The van der Waals surface area contributed by atoms with Crippen LogP contribution in [0.3, 0.4) is 0 Å². The molecule has 43 heavy (non-hydrogen) atoms. The number of aromatic nitrogens is 5. The number of ketones is 1. The van der Waals surface area contributed by atoms with Gasteiger partial charge in [-0.25, -0.2) is 4.39 Å². The first-order valence-corrected chi connectivity index (χ1v) is 16.4. The molecule has 4 rings (SSSR count). The molecular weight excluding hydrogens is 584 g/mol. The second kappa shape index (κ2) is 11.3. The highest BCUT2D eigenvalue weighted by atomic mass is 28.4. The fourth-order valence-electron chi connectivity index (χ4n) is 4.17. The van der Waals surface area contributed by atoms with E-state index >= 15 is 4.39 Å². The molecule has 9 nitrogen and oxygen atoms in total. The average molecular weight is 619 g/mol. The quantitative estimate of drug-likeness (QED) is 0.132. The summed E-state index contributed by atoms with van der Waals surface area (Å²) in [4.78, 5) is 34.2. The van der Waals surface area contributed by atoms with Crippen LogP contribution in [-0.2, 0) is 27.5 Å². The molecule has 4 aromatic heterocycles. The summed E-state index contributed by atoms with van der Waals surface area (Å²) in [5, 5.41) is 6.36. The summed E-state index contributed by atoms with van der Waals surface area (Å²) in [6.45, 7) is 14.3. The summed E-state index contributed by atoms with van der Waals surface area (Å²) in [5.41, 5.74) is -1.07. The Kier molecular flexibility index (Phi) is 8.41. The number of carbonyl (C=O) groups excluding carboxylic acids is 2. The van der Waals surface area contributed by atoms with Gasteiger partial charge >= 0.3 is 6.18 Å². The van der Waals surface area contributed by atoms with E-state index in [1.165, 1.54) is 24.7 Å². The van der Waals surface area contributed by atoms with E-state index in [1.54, 1.807) is 10.8 Å². The largest absolute Gasteiger partial charge is 0.419 e. The normalized spacial score (nSPS) is 13.0. The summed E-state index contributed by atoms with van der Waals surface area (Å²) < 4.78 is 62.7. The van der Waals surface area contributed by atoms with Gasteiger partial charge in [-0.05, 0) is 38.0 Å². The second-order valence-electron chi connectivity index (χ2n) is 12.6. The lowest BCUT2D eigenvalue weighted by atomic mass is 10.0. The number of halogens is 4. The first kappa shape index (κ1) is 32.0. The molecule has 0 bridgehead atoms. The zero-order valence-corrected chi connectivity index (χ0v) is 26.0. The number of carbonyl (C=O) groups is 2. The van der Waals surface area contributed by atoms with Crippen molar-refractivity contribution in [2.45, 2.75) is 71.0 Å². The minimum absolute atomic E-state index is 0.0318. The number of alkyl halides is 3. The molecule has 230 valence electrons. The molecule has 0 aromatic carbocycles. The van der Waals surface area contributed by atoms with E-state index in [0.29, 0.717) is 11.6 Å². The fraction of sp³-hybridized carbons (Fsp3) is 0.414. The van der Waals surface area contributed by atoms with Gasteiger partial charge in [-0.1, -0.05) is 20.8 Å². The van der Waals surface area contributed by atoms with Crippen molar-refractivity contribution in [1.29, 1.82) is 0 Å². The summed E-state index contributed by atoms with van der Waals surface area (Å²) >= 11 is 0. The van der Waals surface area contributed by atoms with Crippen molar-refractivity contribution < 1.29 is 31.6 Å². The van der Waals surface area contributed by atoms with Gasteiger partial charge in [0.05, 0.1) is 47.5 Å². The van der Waals surface area contributed by atoms with Gasteiger partial charge in [-0.3, -0.25) is 24.2 Å². The third kappa shape index (κ3) is 6.85. The predicted molar refractivity (Wildman–Crippen MR) is 156 cm³/mol. The Morgan fingerprint density at radius 1 is 0.977 bits per heavy atom. The summed E-state index contributed by atoms with van der Waals surface area (Å²) in [5.74, 6) is -1.75. The van der Waals surface area contributed by atoms with Crippen molar-refractivity contribution in [3.8, 4) is 0 Å². The smallest absolute Gasteiger partial charge is 0.414 e. The first-order valence-electron chi connectivity index (χ1n) is 13.5. The van der Waals surface area contributed by atoms with Gasteiger partial charge in [0.2, 0.25) is 5.91 Å². The lowest BCUT2D eigenvalue weighted by Crippen LogP contribution is -2.45. The van der Waals surface area contributed by atoms with Gasteiger partial charge < -0.3 is 14.3 Å². The highest BCUT2D eigenvalue weighted by Crippen LogP contribution is 2.38. The first-order chi connectivity index (χ1) is 19.8. The number of amides is 1. The topological polar surface area (TPSA) is 104 Å². The minimum Gasteiger partial charge on any atom is -0.414 e. The maximum atomic E-state index is 15.2. The van der Waals surface area contributed by atoms with Crippen LogP contribution in [0.2, 0.25) is 18.1 Å². The third-order valence-electron chi connectivity index (χ3n) is 7.70. The molecule has 14 heteroatoms. The van der Waals surface area contributed by atoms with Gasteiger partial charge in [0.1, 0.15) is 6.54 Å². The predicted octanol–water partition coefficient (Wildman–Crippen LogP) is 6.41. The zero-order valence-electron chi connectivity index (χ0n) is 25.0. The van der Waals surface area contributed by atoms with Crippen LogP contribution in [0, 0.1) is 5.82 Å². The van der Waals surface area contributed by atoms with Crippen LogP contribution < -0.4 is 5.32 Å². The summed E-state index contributed by atoms with van der Waals surface area (Å²) in [6, 6.07) is 1.39. The van der Waals surface area contributed by atoms with Gasteiger partial charge in [-0.15, -0.1) is 0 Å². The van der Waals surface area contributed by atoms with E-state index in [2.05, 4.69) is 54.2 Å². The molecule has 0 radical (unpaired) electrons. The van der Waals surface area contributed by atoms with Crippen molar-refractivity contribution in [2.75, 3.05) is 11.9 Å². The number of hydrogen-bond acceptors (Lipinski definition) is 6. The average Bonchev–Trinajstić information content (AvgIpc) is 3.53. The zero-order chi connectivity index (χ0) is 32.0. The Morgan fingerprint density at radius 2 is 1.65 bits per heavy atom. The van der Waals surface area contributed by atoms with Crippen LogP contribution in [0.4, 0.5) is 23.2 Å². The van der Waals surface area contributed by atoms with E-state index in [-0.39, 0.29) is 34.0 Å². The fourth-order valence-corrected chi connectivity index (χ4v) is 5.31.